The molecule has 1 aliphatic rings. The Labute approximate surface area is 57.1 Å². The summed E-state index contributed by atoms with van der Waals surface area (Å²) in [6.07, 6.45) is 3.32. The Bertz CT molecular complexity index is 88.6. The fourth-order valence-electron chi connectivity index (χ4n) is 1.60. The van der Waals surface area contributed by atoms with Crippen LogP contribution in [0.15, 0.2) is 0 Å². The third-order valence-corrected chi connectivity index (χ3v) is 2.39. The van der Waals surface area contributed by atoms with Crippen molar-refractivity contribution in [1.82, 2.24) is 0 Å². The van der Waals surface area contributed by atoms with Gasteiger partial charge in [0.15, 0.2) is 0 Å². The molecule has 2 atom stereocenters. The van der Waals surface area contributed by atoms with Crippen molar-refractivity contribution in [2.45, 2.75) is 39.2 Å². The molecule has 1 aliphatic carbocycles. The van der Waals surface area contributed by atoms with E-state index < -0.39 is 0 Å². The van der Waals surface area contributed by atoms with Crippen LogP contribution in [0.5, 0.6) is 0 Å². The third kappa shape index (κ3) is 1.68. The Morgan fingerprint density at radius 3 is 2.22 bits per heavy atom. The Morgan fingerprint density at radius 1 is 1.33 bits per heavy atom. The maximum absolute atomic E-state index is 9.15. The number of aliphatic hydroxyl groups is 1. The van der Waals surface area contributed by atoms with Crippen molar-refractivity contribution in [2.24, 2.45) is 11.8 Å². The van der Waals surface area contributed by atoms with Crippen LogP contribution in [0, 0.1) is 11.8 Å². The highest BCUT2D eigenvalue weighted by Crippen LogP contribution is 2.30. The zero-order chi connectivity index (χ0) is 6.85. The lowest BCUT2D eigenvalue weighted by Gasteiger charge is -2.12. The summed E-state index contributed by atoms with van der Waals surface area (Å²) < 4.78 is 0. The molecule has 2 unspecified atom stereocenters. The van der Waals surface area contributed by atoms with Gasteiger partial charge in [0.1, 0.15) is 0 Å². The van der Waals surface area contributed by atoms with Gasteiger partial charge in [-0.3, -0.25) is 0 Å². The van der Waals surface area contributed by atoms with E-state index in [0.717, 1.165) is 24.7 Å². The standard InChI is InChI=1S/C8H16O/c1-6(2)7-3-4-8(9)5-7/h6-9H,3-5H2,1-2H3. The normalized spacial score (nSPS) is 36.0. The van der Waals surface area contributed by atoms with E-state index in [9.17, 15) is 0 Å². The van der Waals surface area contributed by atoms with Crippen LogP contribution in [0.25, 0.3) is 0 Å². The minimum Gasteiger partial charge on any atom is -0.393 e. The minimum atomic E-state index is 0.0115. The summed E-state index contributed by atoms with van der Waals surface area (Å²) in [6.45, 7) is 4.48. The Kier molecular flexibility index (Phi) is 2.12. The fourth-order valence-corrected chi connectivity index (χ4v) is 1.60. The molecule has 0 spiro atoms. The van der Waals surface area contributed by atoms with Crippen LogP contribution < -0.4 is 0 Å². The molecule has 1 nitrogen and oxygen atoms in total. The highest BCUT2D eigenvalue weighted by molar-refractivity contribution is 4.76. The first-order valence-corrected chi connectivity index (χ1v) is 3.88. The maximum atomic E-state index is 9.15. The molecule has 0 aliphatic heterocycles. The van der Waals surface area contributed by atoms with E-state index >= 15 is 0 Å². The molecule has 0 saturated heterocycles. The Morgan fingerprint density at radius 2 is 2.00 bits per heavy atom. The van der Waals surface area contributed by atoms with Gasteiger partial charge >= 0.3 is 0 Å². The SMILES string of the molecule is CC(C)C1CCC(O)C1. The molecule has 9 heavy (non-hydrogen) atoms. The van der Waals surface area contributed by atoms with Crippen molar-refractivity contribution in [1.29, 1.82) is 0 Å². The third-order valence-electron chi connectivity index (χ3n) is 2.39. The van der Waals surface area contributed by atoms with E-state index in [1.54, 1.807) is 0 Å². The molecule has 0 aromatic heterocycles. The molecule has 0 amide bonds. The van der Waals surface area contributed by atoms with Crippen molar-refractivity contribution in [3.05, 3.63) is 0 Å². The minimum absolute atomic E-state index is 0.0115. The largest absolute Gasteiger partial charge is 0.393 e. The van der Waals surface area contributed by atoms with Gasteiger partial charge in [0.05, 0.1) is 6.10 Å². The summed E-state index contributed by atoms with van der Waals surface area (Å²) in [5, 5.41) is 9.15. The zero-order valence-electron chi connectivity index (χ0n) is 6.30. The lowest BCUT2D eigenvalue weighted by atomic mass is 9.95. The van der Waals surface area contributed by atoms with Crippen LogP contribution in [0.4, 0.5) is 0 Å². The van der Waals surface area contributed by atoms with Crippen LogP contribution >= 0.6 is 0 Å². The molecule has 0 radical (unpaired) electrons. The van der Waals surface area contributed by atoms with Crippen molar-refractivity contribution < 1.29 is 5.11 Å². The van der Waals surface area contributed by atoms with Crippen molar-refractivity contribution in [3.8, 4) is 0 Å². The van der Waals surface area contributed by atoms with Crippen LogP contribution in [0.2, 0.25) is 0 Å². The predicted molar refractivity (Wildman–Crippen MR) is 38.2 cm³/mol. The molecule has 1 heteroatoms. The molecule has 1 saturated carbocycles. The second-order valence-electron chi connectivity index (χ2n) is 3.47. The van der Waals surface area contributed by atoms with Gasteiger partial charge in [-0.1, -0.05) is 13.8 Å². The van der Waals surface area contributed by atoms with E-state index in [2.05, 4.69) is 13.8 Å². The van der Waals surface area contributed by atoms with Gasteiger partial charge in [-0.15, -0.1) is 0 Å². The van der Waals surface area contributed by atoms with Gasteiger partial charge in [0.2, 0.25) is 0 Å². The summed E-state index contributed by atoms with van der Waals surface area (Å²) in [5.41, 5.74) is 0. The summed E-state index contributed by atoms with van der Waals surface area (Å²) in [4.78, 5) is 0. The molecule has 1 rings (SSSR count). The van der Waals surface area contributed by atoms with Crippen LogP contribution in [-0.4, -0.2) is 11.2 Å². The molecular formula is C8H16O. The molecule has 1 N–H and O–H groups in total. The van der Waals surface area contributed by atoms with Crippen LogP contribution in [0.3, 0.4) is 0 Å². The fraction of sp³-hybridized carbons (Fsp3) is 1.00. The van der Waals surface area contributed by atoms with Gasteiger partial charge < -0.3 is 5.11 Å². The molecule has 1 fully saturated rings. The second-order valence-corrected chi connectivity index (χ2v) is 3.47. The Hall–Kier alpha value is -0.0400. The first-order valence-electron chi connectivity index (χ1n) is 3.88. The topological polar surface area (TPSA) is 20.2 Å². The van der Waals surface area contributed by atoms with Crippen molar-refractivity contribution >= 4 is 0 Å². The predicted octanol–water partition coefficient (Wildman–Crippen LogP) is 1.80. The number of hydrogen-bond donors (Lipinski definition) is 1. The van der Waals surface area contributed by atoms with E-state index in [1.165, 1.54) is 6.42 Å². The first kappa shape index (κ1) is 7.07. The smallest absolute Gasteiger partial charge is 0.0543 e. The van der Waals surface area contributed by atoms with Crippen molar-refractivity contribution in [2.75, 3.05) is 0 Å². The van der Waals surface area contributed by atoms with E-state index in [1.807, 2.05) is 0 Å². The van der Waals surface area contributed by atoms with E-state index in [-0.39, 0.29) is 6.10 Å². The monoisotopic (exact) mass is 128 g/mol. The van der Waals surface area contributed by atoms with E-state index in [4.69, 9.17) is 5.11 Å². The van der Waals surface area contributed by atoms with Gasteiger partial charge in [-0.2, -0.15) is 0 Å². The lowest BCUT2D eigenvalue weighted by molar-refractivity contribution is 0.173. The summed E-state index contributed by atoms with van der Waals surface area (Å²) in [5.74, 6) is 1.56. The molecule has 0 aromatic carbocycles. The van der Waals surface area contributed by atoms with Crippen LogP contribution in [-0.2, 0) is 0 Å². The summed E-state index contributed by atoms with van der Waals surface area (Å²) >= 11 is 0. The highest BCUT2D eigenvalue weighted by atomic mass is 16.3. The molecule has 0 bridgehead atoms. The van der Waals surface area contributed by atoms with Gasteiger partial charge in [0, 0.05) is 0 Å². The quantitative estimate of drug-likeness (QED) is 0.571. The maximum Gasteiger partial charge on any atom is 0.0543 e. The van der Waals surface area contributed by atoms with Gasteiger partial charge in [0.25, 0.3) is 0 Å². The Balaban J connectivity index is 2.30. The second kappa shape index (κ2) is 2.70. The average molecular weight is 128 g/mol. The summed E-state index contributed by atoms with van der Waals surface area (Å²) in [6, 6.07) is 0. The van der Waals surface area contributed by atoms with Gasteiger partial charge in [-0.05, 0) is 31.1 Å². The van der Waals surface area contributed by atoms with Gasteiger partial charge in [-0.25, -0.2) is 0 Å². The number of aliphatic hydroxyl groups excluding tert-OH is 1. The molecule has 0 aromatic rings. The van der Waals surface area contributed by atoms with Crippen LogP contribution in [0.1, 0.15) is 33.1 Å². The number of rotatable bonds is 1. The first-order chi connectivity index (χ1) is 4.20. The lowest BCUT2D eigenvalue weighted by Crippen LogP contribution is -2.05. The van der Waals surface area contributed by atoms with E-state index in [0.29, 0.717) is 0 Å². The highest BCUT2D eigenvalue weighted by Gasteiger charge is 2.24. The average Bonchev–Trinajstić information content (AvgIpc) is 2.14. The molecular weight excluding hydrogens is 112 g/mol. The molecule has 0 heterocycles. The number of hydrogen-bond acceptors (Lipinski definition) is 1. The summed E-state index contributed by atoms with van der Waals surface area (Å²) in [7, 11) is 0. The zero-order valence-corrected chi connectivity index (χ0v) is 6.30. The molecule has 54 valence electrons. The van der Waals surface area contributed by atoms with Crippen molar-refractivity contribution in [3.63, 3.8) is 0 Å².